The van der Waals surface area contributed by atoms with Crippen LogP contribution >= 0.6 is 0 Å². The van der Waals surface area contributed by atoms with Crippen LogP contribution in [0.3, 0.4) is 0 Å². The second-order valence-corrected chi connectivity index (χ2v) is 2.15. The van der Waals surface area contributed by atoms with Crippen molar-refractivity contribution < 1.29 is 30.6 Å². The Bertz CT molecular complexity index is 234. The van der Waals surface area contributed by atoms with Gasteiger partial charge in [-0.1, -0.05) is 30.3 Å². The minimum Gasteiger partial charge on any atom is -0.484 e. The van der Waals surface area contributed by atoms with Crippen molar-refractivity contribution in [2.24, 2.45) is 0 Å². The predicted octanol–water partition coefficient (Wildman–Crippen LogP) is 1.56. The van der Waals surface area contributed by atoms with Crippen LogP contribution in [0.1, 0.15) is 5.56 Å². The normalized spacial score (nSPS) is 8.33. The number of rotatable bonds is 2. The summed E-state index contributed by atoms with van der Waals surface area (Å²) in [5, 5.41) is 0. The molecule has 0 bridgehead atoms. The molecule has 3 heteroatoms. The van der Waals surface area contributed by atoms with Crippen molar-refractivity contribution in [1.82, 2.24) is 0 Å². The number of hydrogen-bond acceptors (Lipinski definition) is 2. The zero-order valence-corrected chi connectivity index (χ0v) is 9.46. The first kappa shape index (κ1) is 11.2. The molecule has 0 radical (unpaired) electrons. The SMILES string of the molecule is [CH2-]C(=O)OCc1ccccc1.[W]. The van der Waals surface area contributed by atoms with Gasteiger partial charge in [-0.25, -0.2) is 0 Å². The number of esters is 1. The van der Waals surface area contributed by atoms with Crippen molar-refractivity contribution in [2.75, 3.05) is 0 Å². The van der Waals surface area contributed by atoms with Gasteiger partial charge < -0.3 is 4.74 Å². The van der Waals surface area contributed by atoms with Gasteiger partial charge in [0.2, 0.25) is 0 Å². The Balaban J connectivity index is 0.00000121. The summed E-state index contributed by atoms with van der Waals surface area (Å²) in [4.78, 5) is 10.3. The summed E-state index contributed by atoms with van der Waals surface area (Å²) in [6, 6.07) is 9.49. The summed E-state index contributed by atoms with van der Waals surface area (Å²) < 4.78 is 4.68. The maximum atomic E-state index is 10.3. The first-order chi connectivity index (χ1) is 5.29. The molecule has 0 N–H and O–H groups in total. The maximum absolute atomic E-state index is 10.3. The van der Waals surface area contributed by atoms with Crippen LogP contribution in [-0.4, -0.2) is 5.97 Å². The largest absolute Gasteiger partial charge is 0.484 e. The summed E-state index contributed by atoms with van der Waals surface area (Å²) in [5.74, 6) is -0.492. The Morgan fingerprint density at radius 1 is 1.33 bits per heavy atom. The molecule has 0 aliphatic heterocycles. The molecule has 0 aliphatic carbocycles. The van der Waals surface area contributed by atoms with Crippen molar-refractivity contribution in [2.45, 2.75) is 6.61 Å². The van der Waals surface area contributed by atoms with E-state index in [4.69, 9.17) is 0 Å². The van der Waals surface area contributed by atoms with Crippen LogP contribution in [0, 0.1) is 6.92 Å². The third kappa shape index (κ3) is 4.19. The molecule has 12 heavy (non-hydrogen) atoms. The van der Waals surface area contributed by atoms with Crippen molar-refractivity contribution in [3.05, 3.63) is 42.8 Å². The van der Waals surface area contributed by atoms with Gasteiger partial charge in [-0.3, -0.25) is 11.7 Å². The van der Waals surface area contributed by atoms with E-state index in [1.807, 2.05) is 30.3 Å². The van der Waals surface area contributed by atoms with Gasteiger partial charge in [-0.05, 0) is 5.56 Å². The molecule has 0 spiro atoms. The molecule has 0 fully saturated rings. The molecule has 0 atom stereocenters. The monoisotopic (exact) mass is 333 g/mol. The van der Waals surface area contributed by atoms with E-state index in [2.05, 4.69) is 11.7 Å². The van der Waals surface area contributed by atoms with Gasteiger partial charge in [0.25, 0.3) is 0 Å². The fourth-order valence-corrected chi connectivity index (χ4v) is 0.738. The fraction of sp³-hybridized carbons (Fsp3) is 0.111. The average Bonchev–Trinajstić information content (AvgIpc) is 2.03. The van der Waals surface area contributed by atoms with Gasteiger partial charge in [-0.2, -0.15) is 0 Å². The third-order valence-electron chi connectivity index (χ3n) is 1.24. The van der Waals surface area contributed by atoms with Crippen LogP contribution in [0.4, 0.5) is 0 Å². The van der Waals surface area contributed by atoms with Gasteiger partial charge in [0.1, 0.15) is 6.61 Å². The van der Waals surface area contributed by atoms with Crippen molar-refractivity contribution in [3.8, 4) is 0 Å². The van der Waals surface area contributed by atoms with E-state index in [1.54, 1.807) is 0 Å². The van der Waals surface area contributed by atoms with E-state index in [-0.39, 0.29) is 21.1 Å². The topological polar surface area (TPSA) is 26.3 Å². The van der Waals surface area contributed by atoms with E-state index in [9.17, 15) is 4.79 Å². The fourth-order valence-electron chi connectivity index (χ4n) is 0.738. The Hall–Kier alpha value is -0.752. The summed E-state index contributed by atoms with van der Waals surface area (Å²) >= 11 is 0. The van der Waals surface area contributed by atoms with Crippen LogP contribution < -0.4 is 0 Å². The van der Waals surface area contributed by atoms with Gasteiger partial charge >= 0.3 is 0 Å². The number of hydrogen-bond donors (Lipinski definition) is 0. The molecule has 0 aromatic heterocycles. The van der Waals surface area contributed by atoms with Crippen molar-refractivity contribution in [3.63, 3.8) is 0 Å². The number of benzene rings is 1. The Morgan fingerprint density at radius 3 is 2.42 bits per heavy atom. The molecule has 0 heterocycles. The number of ether oxygens (including phenoxy) is 1. The van der Waals surface area contributed by atoms with Gasteiger partial charge in [0, 0.05) is 21.1 Å². The summed E-state index contributed by atoms with van der Waals surface area (Å²) in [6.45, 7) is 3.40. The van der Waals surface area contributed by atoms with E-state index in [0.717, 1.165) is 5.56 Å². The molecule has 0 aliphatic rings. The van der Waals surface area contributed by atoms with Gasteiger partial charge in [0.15, 0.2) is 5.97 Å². The molecular formula is C9H9O2W-. The van der Waals surface area contributed by atoms with Crippen molar-refractivity contribution in [1.29, 1.82) is 0 Å². The Labute approximate surface area is 86.2 Å². The molecule has 1 aromatic carbocycles. The van der Waals surface area contributed by atoms with Crippen LogP contribution in [0.15, 0.2) is 30.3 Å². The molecule has 0 saturated carbocycles. The molecule has 1 rings (SSSR count). The molecular weight excluding hydrogens is 324 g/mol. The number of carbonyl (C=O) groups excluding carboxylic acids is 1. The minimum atomic E-state index is -0.492. The first-order valence-electron chi connectivity index (χ1n) is 3.31. The van der Waals surface area contributed by atoms with Gasteiger partial charge in [-0.15, -0.1) is 0 Å². The van der Waals surface area contributed by atoms with Gasteiger partial charge in [0.05, 0.1) is 0 Å². The Morgan fingerprint density at radius 2 is 1.92 bits per heavy atom. The van der Waals surface area contributed by atoms with Crippen LogP contribution in [-0.2, 0) is 37.2 Å². The zero-order chi connectivity index (χ0) is 8.10. The quantitative estimate of drug-likeness (QED) is 0.607. The second-order valence-electron chi connectivity index (χ2n) is 2.15. The van der Waals surface area contributed by atoms with E-state index < -0.39 is 5.97 Å². The van der Waals surface area contributed by atoms with Crippen LogP contribution in [0.5, 0.6) is 0 Å². The average molecular weight is 333 g/mol. The Kier molecular flexibility index (Phi) is 5.48. The molecule has 2 nitrogen and oxygen atoms in total. The standard InChI is InChI=1S/C9H9O2.W/c1-8(10)11-7-9-5-3-2-4-6-9;/h2-6H,1,7H2;/q-1;. The van der Waals surface area contributed by atoms with E-state index >= 15 is 0 Å². The van der Waals surface area contributed by atoms with Crippen LogP contribution in [0.25, 0.3) is 0 Å². The predicted molar refractivity (Wildman–Crippen MR) is 41.6 cm³/mol. The smallest absolute Gasteiger partial charge is 0.164 e. The minimum absolute atomic E-state index is 0. The molecule has 0 saturated heterocycles. The molecule has 0 unspecified atom stereocenters. The summed E-state index contributed by atoms with van der Waals surface area (Å²) in [5.41, 5.74) is 0.976. The summed E-state index contributed by atoms with van der Waals surface area (Å²) in [6.07, 6.45) is 0. The van der Waals surface area contributed by atoms with E-state index in [0.29, 0.717) is 6.61 Å². The van der Waals surface area contributed by atoms with E-state index in [1.165, 1.54) is 0 Å². The molecule has 64 valence electrons. The van der Waals surface area contributed by atoms with Crippen LogP contribution in [0.2, 0.25) is 0 Å². The zero-order valence-electron chi connectivity index (χ0n) is 6.53. The third-order valence-corrected chi connectivity index (χ3v) is 1.24. The first-order valence-corrected chi connectivity index (χ1v) is 3.31. The second kappa shape index (κ2) is 5.84. The molecule has 1 aromatic rings. The molecule has 0 amide bonds. The maximum Gasteiger partial charge on any atom is 0.164 e. The van der Waals surface area contributed by atoms with Crippen molar-refractivity contribution >= 4 is 5.97 Å². The summed E-state index contributed by atoms with van der Waals surface area (Å²) in [7, 11) is 0. The number of carbonyl (C=O) groups is 1.